The predicted molar refractivity (Wildman–Crippen MR) is 117 cm³/mol. The zero-order valence-corrected chi connectivity index (χ0v) is 19.5. The molecule has 172 valence electrons. The van der Waals surface area contributed by atoms with Crippen molar-refractivity contribution in [2.24, 2.45) is 0 Å². The number of methoxy groups -OCH3 is 2. The van der Waals surface area contributed by atoms with Crippen molar-refractivity contribution in [3.8, 4) is 0 Å². The lowest BCUT2D eigenvalue weighted by Crippen LogP contribution is -2.37. The monoisotopic (exact) mass is 474 g/mol. The molecule has 1 aromatic rings. The van der Waals surface area contributed by atoms with Crippen LogP contribution in [0.3, 0.4) is 0 Å². The molecule has 0 aromatic heterocycles. The number of hydrogen-bond acceptors (Lipinski definition) is 7. The van der Waals surface area contributed by atoms with Crippen molar-refractivity contribution in [1.82, 2.24) is 0 Å². The van der Waals surface area contributed by atoms with Gasteiger partial charge in [-0.05, 0) is 37.1 Å². The van der Waals surface area contributed by atoms with E-state index in [9.17, 15) is 9.18 Å². The van der Waals surface area contributed by atoms with Crippen LogP contribution in [0.4, 0.5) is 4.39 Å². The Morgan fingerprint density at radius 2 is 1.94 bits per heavy atom. The first kappa shape index (κ1) is 24.5. The van der Waals surface area contributed by atoms with Gasteiger partial charge in [0.15, 0.2) is 5.79 Å². The first-order valence-electron chi connectivity index (χ1n) is 10.2. The number of carbonyl (C=O) groups excluding carboxylic acids is 1. The van der Waals surface area contributed by atoms with Gasteiger partial charge < -0.3 is 23.7 Å². The van der Waals surface area contributed by atoms with E-state index in [1.54, 1.807) is 45.0 Å². The Hall–Kier alpha value is -1.16. The van der Waals surface area contributed by atoms with Crippen LogP contribution < -0.4 is 0 Å². The highest BCUT2D eigenvalue weighted by Crippen LogP contribution is 2.43. The molecule has 1 heterocycles. The van der Waals surface area contributed by atoms with E-state index < -0.39 is 11.8 Å². The van der Waals surface area contributed by atoms with Gasteiger partial charge in [-0.3, -0.25) is 0 Å². The van der Waals surface area contributed by atoms with E-state index in [4.69, 9.17) is 35.3 Å². The summed E-state index contributed by atoms with van der Waals surface area (Å²) in [5, 5.41) is 0.245. The number of hydrogen-bond donors (Lipinski definition) is 0. The summed E-state index contributed by atoms with van der Waals surface area (Å²) in [4.78, 5) is 12.7. The molecule has 3 rings (SSSR count). The summed E-state index contributed by atoms with van der Waals surface area (Å²) in [5.41, 5.74) is 1.32. The lowest BCUT2D eigenvalue weighted by atomic mass is 9.94. The van der Waals surface area contributed by atoms with E-state index in [1.165, 1.54) is 12.1 Å². The number of ether oxygens (including phenoxy) is 5. The van der Waals surface area contributed by atoms with Crippen molar-refractivity contribution < 1.29 is 32.9 Å². The van der Waals surface area contributed by atoms with Gasteiger partial charge in [0.05, 0.1) is 25.4 Å². The van der Waals surface area contributed by atoms with Gasteiger partial charge >= 0.3 is 5.97 Å². The van der Waals surface area contributed by atoms with Crippen LogP contribution >= 0.6 is 23.4 Å². The zero-order chi connectivity index (χ0) is 22.4. The third kappa shape index (κ3) is 6.00. The molecule has 0 N–H and O–H groups in total. The fraction of sp³-hybridized carbons (Fsp3) is 0.591. The summed E-state index contributed by atoms with van der Waals surface area (Å²) in [6.45, 7) is 2.76. The van der Waals surface area contributed by atoms with E-state index in [0.717, 1.165) is 5.56 Å². The number of carbonyl (C=O) groups is 1. The Balaban J connectivity index is 1.80. The standard InChI is InChI=1S/C22H28ClFO6S/c1-4-28-21(25)16-10-22(29-18(11-26-2)19(30-22)12-27-3)8-7-20(16)31-13-14-5-6-15(24)9-17(14)23/h5-6,9-10,18-20H,4,7-8,11-13H2,1-3H3/t18-,19-,20?/m1/s1. The summed E-state index contributed by atoms with van der Waals surface area (Å²) < 4.78 is 41.6. The lowest BCUT2D eigenvalue weighted by molar-refractivity contribution is -0.155. The maximum Gasteiger partial charge on any atom is 0.335 e. The molecule has 0 bridgehead atoms. The van der Waals surface area contributed by atoms with E-state index in [-0.39, 0.29) is 29.9 Å². The van der Waals surface area contributed by atoms with Crippen LogP contribution in [0.5, 0.6) is 0 Å². The summed E-state index contributed by atoms with van der Waals surface area (Å²) in [5.74, 6) is -1.25. The van der Waals surface area contributed by atoms with E-state index in [1.807, 2.05) is 0 Å². The number of rotatable bonds is 9. The normalized spacial score (nSPS) is 24.9. The molecule has 9 heteroatoms. The van der Waals surface area contributed by atoms with Crippen LogP contribution in [0, 0.1) is 5.82 Å². The van der Waals surface area contributed by atoms with Crippen LogP contribution in [-0.2, 0) is 34.2 Å². The summed E-state index contributed by atoms with van der Waals surface area (Å²) in [6.07, 6.45) is 2.37. The van der Waals surface area contributed by atoms with Crippen molar-refractivity contribution in [3.63, 3.8) is 0 Å². The van der Waals surface area contributed by atoms with Gasteiger partial charge in [-0.1, -0.05) is 17.7 Å². The maximum atomic E-state index is 13.3. The van der Waals surface area contributed by atoms with Crippen LogP contribution in [0.2, 0.25) is 5.02 Å². The molecule has 0 radical (unpaired) electrons. The molecule has 31 heavy (non-hydrogen) atoms. The van der Waals surface area contributed by atoms with Crippen LogP contribution in [0.25, 0.3) is 0 Å². The van der Waals surface area contributed by atoms with Crippen molar-refractivity contribution in [2.45, 2.75) is 48.8 Å². The maximum absolute atomic E-state index is 13.3. The molecule has 1 aliphatic heterocycles. The summed E-state index contributed by atoms with van der Waals surface area (Å²) >= 11 is 7.72. The average Bonchev–Trinajstić information content (AvgIpc) is 3.05. The lowest BCUT2D eigenvalue weighted by Gasteiger charge is -2.33. The molecule has 3 atom stereocenters. The number of thioether (sulfide) groups is 1. The fourth-order valence-corrected chi connectivity index (χ4v) is 5.36. The first-order chi connectivity index (χ1) is 14.9. The smallest absolute Gasteiger partial charge is 0.335 e. The Morgan fingerprint density at radius 3 is 2.52 bits per heavy atom. The van der Waals surface area contributed by atoms with Crippen LogP contribution in [-0.4, -0.2) is 63.3 Å². The van der Waals surface area contributed by atoms with Gasteiger partial charge in [-0.25, -0.2) is 9.18 Å². The SMILES string of the molecule is CCOC(=O)C1=CC2(CCC1SCc1ccc(F)cc1Cl)O[C@H](COC)[C@@H](COC)O2. The third-order valence-corrected chi connectivity index (χ3v) is 6.94. The van der Waals surface area contributed by atoms with Crippen molar-refractivity contribution >= 4 is 29.3 Å². The van der Waals surface area contributed by atoms with E-state index in [0.29, 0.717) is 42.4 Å². The average molecular weight is 475 g/mol. The largest absolute Gasteiger partial charge is 0.463 e. The molecule has 1 unspecified atom stereocenters. The molecular weight excluding hydrogens is 447 g/mol. The van der Waals surface area contributed by atoms with E-state index in [2.05, 4.69) is 0 Å². The second-order valence-corrected chi connectivity index (χ2v) is 9.03. The second-order valence-electron chi connectivity index (χ2n) is 7.43. The fourth-order valence-electron chi connectivity index (χ4n) is 3.79. The van der Waals surface area contributed by atoms with Gasteiger partial charge in [-0.15, -0.1) is 11.8 Å². The van der Waals surface area contributed by atoms with Gasteiger partial charge in [0.2, 0.25) is 0 Å². The van der Waals surface area contributed by atoms with Crippen LogP contribution in [0.1, 0.15) is 25.3 Å². The minimum Gasteiger partial charge on any atom is -0.463 e. The van der Waals surface area contributed by atoms with Gasteiger partial charge in [0.25, 0.3) is 0 Å². The molecule has 1 fully saturated rings. The molecule has 6 nitrogen and oxygen atoms in total. The van der Waals surface area contributed by atoms with Crippen molar-refractivity contribution in [1.29, 1.82) is 0 Å². The van der Waals surface area contributed by atoms with E-state index >= 15 is 0 Å². The first-order valence-corrected chi connectivity index (χ1v) is 11.6. The molecule has 0 saturated carbocycles. The highest BCUT2D eigenvalue weighted by Gasteiger charge is 2.49. The molecular formula is C22H28ClFO6S. The van der Waals surface area contributed by atoms with Gasteiger partial charge in [0.1, 0.15) is 18.0 Å². The summed E-state index contributed by atoms with van der Waals surface area (Å²) in [6, 6.07) is 4.34. The minimum atomic E-state index is -1.01. The molecule has 1 saturated heterocycles. The Kier molecular flexibility index (Phi) is 8.78. The Morgan fingerprint density at radius 1 is 1.26 bits per heavy atom. The highest BCUT2D eigenvalue weighted by atomic mass is 35.5. The number of benzene rings is 1. The Labute approximate surface area is 191 Å². The highest BCUT2D eigenvalue weighted by molar-refractivity contribution is 7.99. The second kappa shape index (κ2) is 11.1. The molecule has 1 spiro atoms. The quantitative estimate of drug-likeness (QED) is 0.498. The predicted octanol–water partition coefficient (Wildman–Crippen LogP) is 4.14. The topological polar surface area (TPSA) is 63.2 Å². The zero-order valence-electron chi connectivity index (χ0n) is 17.9. The molecule has 2 aliphatic rings. The van der Waals surface area contributed by atoms with Crippen LogP contribution in [0.15, 0.2) is 29.8 Å². The third-order valence-electron chi connectivity index (χ3n) is 5.22. The minimum absolute atomic E-state index is 0.125. The molecule has 1 aliphatic carbocycles. The number of halogens is 2. The van der Waals surface area contributed by atoms with Crippen molar-refractivity contribution in [2.75, 3.05) is 34.0 Å². The number of esters is 1. The van der Waals surface area contributed by atoms with Crippen molar-refractivity contribution in [3.05, 3.63) is 46.3 Å². The Bertz CT molecular complexity index is 790. The molecule has 0 amide bonds. The van der Waals surface area contributed by atoms with Gasteiger partial charge in [-0.2, -0.15) is 0 Å². The summed E-state index contributed by atoms with van der Waals surface area (Å²) in [7, 11) is 3.21. The van der Waals surface area contributed by atoms with Gasteiger partial charge in [0, 0.05) is 36.7 Å². The molecule has 1 aromatic carbocycles.